The third kappa shape index (κ3) is 1.54. The van der Waals surface area contributed by atoms with Crippen LogP contribution in [0.15, 0.2) is 18.2 Å². The number of nitrogens with two attached hydrogens (primary N) is 1. The van der Waals surface area contributed by atoms with E-state index < -0.39 is 0 Å². The minimum Gasteiger partial charge on any atom is -0.399 e. The van der Waals surface area contributed by atoms with E-state index in [1.54, 1.807) is 0 Å². The highest BCUT2D eigenvalue weighted by Gasteiger charge is 2.36. The number of benzene rings is 1. The first-order valence-electron chi connectivity index (χ1n) is 5.97. The van der Waals surface area contributed by atoms with E-state index in [2.05, 4.69) is 32.9 Å². The number of fused-ring (bicyclic) bond motifs is 1. The van der Waals surface area contributed by atoms with Crippen LogP contribution in [0.5, 0.6) is 0 Å². The molecule has 2 rings (SSSR count). The van der Waals surface area contributed by atoms with Crippen molar-refractivity contribution in [3.8, 4) is 0 Å². The number of aryl methyl sites for hydroxylation is 1. The van der Waals surface area contributed by atoms with Gasteiger partial charge in [0.2, 0.25) is 0 Å². The number of hydrogen-bond acceptors (Lipinski definition) is 1. The normalized spacial score (nSPS) is 29.9. The lowest BCUT2D eigenvalue weighted by Gasteiger charge is -2.41. The van der Waals surface area contributed by atoms with E-state index in [1.807, 2.05) is 6.07 Å². The molecule has 1 aliphatic rings. The summed E-state index contributed by atoms with van der Waals surface area (Å²) in [5, 5.41) is 0. The van der Waals surface area contributed by atoms with Crippen LogP contribution < -0.4 is 5.73 Å². The summed E-state index contributed by atoms with van der Waals surface area (Å²) in [4.78, 5) is 0. The van der Waals surface area contributed by atoms with E-state index in [9.17, 15) is 0 Å². The van der Waals surface area contributed by atoms with Crippen LogP contribution in [0.25, 0.3) is 0 Å². The quantitative estimate of drug-likeness (QED) is 0.694. The van der Waals surface area contributed by atoms with Crippen molar-refractivity contribution in [2.75, 3.05) is 5.73 Å². The van der Waals surface area contributed by atoms with Gasteiger partial charge in [-0.1, -0.05) is 26.8 Å². The van der Waals surface area contributed by atoms with Crippen LogP contribution in [0.3, 0.4) is 0 Å². The van der Waals surface area contributed by atoms with E-state index in [4.69, 9.17) is 5.73 Å². The Morgan fingerprint density at radius 2 is 2.20 bits per heavy atom. The van der Waals surface area contributed by atoms with Crippen molar-refractivity contribution >= 4 is 5.69 Å². The monoisotopic (exact) mass is 203 g/mol. The topological polar surface area (TPSA) is 26.0 Å². The lowest BCUT2D eigenvalue weighted by Crippen LogP contribution is -2.34. The zero-order valence-electron chi connectivity index (χ0n) is 10.0. The zero-order chi connectivity index (χ0) is 11.1. The third-order valence-corrected chi connectivity index (χ3v) is 4.42. The van der Waals surface area contributed by atoms with Gasteiger partial charge in [-0.2, -0.15) is 0 Å². The summed E-state index contributed by atoms with van der Waals surface area (Å²) in [6.45, 7) is 7.04. The third-order valence-electron chi connectivity index (χ3n) is 4.42. The summed E-state index contributed by atoms with van der Waals surface area (Å²) in [6, 6.07) is 6.43. The van der Waals surface area contributed by atoms with Crippen LogP contribution in [0.4, 0.5) is 5.69 Å². The molecule has 0 fully saturated rings. The summed E-state index contributed by atoms with van der Waals surface area (Å²) in [6.07, 6.45) is 3.72. The van der Waals surface area contributed by atoms with Crippen molar-refractivity contribution in [1.82, 2.24) is 0 Å². The van der Waals surface area contributed by atoms with Crippen molar-refractivity contribution in [2.45, 2.75) is 45.4 Å². The van der Waals surface area contributed by atoms with Crippen molar-refractivity contribution in [2.24, 2.45) is 5.92 Å². The van der Waals surface area contributed by atoms with Crippen molar-refractivity contribution < 1.29 is 0 Å². The molecule has 2 N–H and O–H groups in total. The van der Waals surface area contributed by atoms with E-state index in [0.717, 1.165) is 11.6 Å². The van der Waals surface area contributed by atoms with E-state index in [0.29, 0.717) is 5.41 Å². The summed E-state index contributed by atoms with van der Waals surface area (Å²) in [5.41, 5.74) is 10.1. The Morgan fingerprint density at radius 3 is 2.87 bits per heavy atom. The molecule has 0 unspecified atom stereocenters. The Bertz CT molecular complexity index is 370. The summed E-state index contributed by atoms with van der Waals surface area (Å²) in [5.74, 6) is 0.761. The molecule has 0 amide bonds. The molecule has 0 saturated heterocycles. The minimum atomic E-state index is 0.322. The molecule has 0 saturated carbocycles. The molecular formula is C14H21N. The van der Waals surface area contributed by atoms with Crippen LogP contribution in [0, 0.1) is 5.92 Å². The summed E-state index contributed by atoms with van der Waals surface area (Å²) >= 11 is 0. The maximum absolute atomic E-state index is 5.90. The van der Waals surface area contributed by atoms with E-state index in [1.165, 1.54) is 30.4 Å². The average Bonchev–Trinajstić information content (AvgIpc) is 2.24. The highest BCUT2D eigenvalue weighted by Crippen LogP contribution is 2.44. The number of anilines is 1. The molecule has 0 aliphatic heterocycles. The maximum Gasteiger partial charge on any atom is 0.0317 e. The molecule has 0 aromatic heterocycles. The molecule has 0 bridgehead atoms. The van der Waals surface area contributed by atoms with Crippen LogP contribution in [-0.4, -0.2) is 0 Å². The maximum atomic E-state index is 5.90. The average molecular weight is 203 g/mol. The van der Waals surface area contributed by atoms with Crippen LogP contribution in [0.2, 0.25) is 0 Å². The van der Waals surface area contributed by atoms with E-state index in [-0.39, 0.29) is 0 Å². The molecule has 1 aliphatic carbocycles. The predicted molar refractivity (Wildman–Crippen MR) is 66.0 cm³/mol. The Kier molecular flexibility index (Phi) is 2.49. The van der Waals surface area contributed by atoms with Crippen molar-refractivity contribution in [3.63, 3.8) is 0 Å². The Morgan fingerprint density at radius 1 is 1.47 bits per heavy atom. The van der Waals surface area contributed by atoms with Gasteiger partial charge in [0.1, 0.15) is 0 Å². The second-order valence-electron chi connectivity index (χ2n) is 5.13. The Balaban J connectivity index is 2.56. The number of nitrogen functional groups attached to an aromatic ring is 1. The fourth-order valence-electron chi connectivity index (χ4n) is 2.84. The van der Waals surface area contributed by atoms with Gasteiger partial charge in [-0.05, 0) is 53.9 Å². The second-order valence-corrected chi connectivity index (χ2v) is 5.13. The fraction of sp³-hybridized carbons (Fsp3) is 0.571. The molecule has 1 heteroatoms. The zero-order valence-corrected chi connectivity index (χ0v) is 10.0. The molecule has 0 heterocycles. The van der Waals surface area contributed by atoms with Gasteiger partial charge in [0.05, 0.1) is 0 Å². The summed E-state index contributed by atoms with van der Waals surface area (Å²) < 4.78 is 0. The molecule has 82 valence electrons. The second kappa shape index (κ2) is 3.55. The minimum absolute atomic E-state index is 0.322. The largest absolute Gasteiger partial charge is 0.399 e. The number of hydrogen-bond donors (Lipinski definition) is 1. The van der Waals surface area contributed by atoms with Gasteiger partial charge in [0.25, 0.3) is 0 Å². The van der Waals surface area contributed by atoms with Gasteiger partial charge in [0.15, 0.2) is 0 Å². The van der Waals surface area contributed by atoms with Gasteiger partial charge in [-0.3, -0.25) is 0 Å². The van der Waals surface area contributed by atoms with Crippen LogP contribution >= 0.6 is 0 Å². The first-order valence-corrected chi connectivity index (χ1v) is 5.97. The molecule has 15 heavy (non-hydrogen) atoms. The van der Waals surface area contributed by atoms with Gasteiger partial charge in [-0.15, -0.1) is 0 Å². The Hall–Kier alpha value is -0.980. The van der Waals surface area contributed by atoms with E-state index >= 15 is 0 Å². The summed E-state index contributed by atoms with van der Waals surface area (Å²) in [7, 11) is 0. The van der Waals surface area contributed by atoms with Gasteiger partial charge < -0.3 is 5.73 Å². The highest BCUT2D eigenvalue weighted by atomic mass is 14.5. The number of rotatable bonds is 1. The van der Waals surface area contributed by atoms with Gasteiger partial charge in [-0.25, -0.2) is 0 Å². The first kappa shape index (κ1) is 10.5. The standard InChI is InChI=1S/C14H21N/c1-4-14(3)10(2)5-6-11-7-8-12(15)9-13(11)14/h7-10H,4-6,15H2,1-3H3/t10-,14+/m0/s1. The highest BCUT2D eigenvalue weighted by molar-refractivity contribution is 5.49. The van der Waals surface area contributed by atoms with Crippen LogP contribution in [0.1, 0.15) is 44.7 Å². The van der Waals surface area contributed by atoms with Crippen molar-refractivity contribution in [1.29, 1.82) is 0 Å². The smallest absolute Gasteiger partial charge is 0.0317 e. The lowest BCUT2D eigenvalue weighted by molar-refractivity contribution is 0.267. The fourth-order valence-corrected chi connectivity index (χ4v) is 2.84. The molecule has 1 aromatic rings. The molecule has 2 atom stereocenters. The molecular weight excluding hydrogens is 182 g/mol. The van der Waals surface area contributed by atoms with Crippen LogP contribution in [-0.2, 0) is 11.8 Å². The lowest BCUT2D eigenvalue weighted by atomic mass is 9.63. The SMILES string of the molecule is CC[C@@]1(C)c2cc(N)ccc2CC[C@@H]1C. The predicted octanol–water partition coefficient (Wildman–Crippen LogP) is 3.52. The first-order chi connectivity index (χ1) is 7.08. The molecule has 0 radical (unpaired) electrons. The van der Waals surface area contributed by atoms with Gasteiger partial charge in [0, 0.05) is 5.69 Å². The Labute approximate surface area is 92.7 Å². The molecule has 0 spiro atoms. The molecule has 1 nitrogen and oxygen atoms in total. The van der Waals surface area contributed by atoms with Gasteiger partial charge >= 0.3 is 0 Å². The van der Waals surface area contributed by atoms with Crippen molar-refractivity contribution in [3.05, 3.63) is 29.3 Å². The molecule has 1 aromatic carbocycles.